The van der Waals surface area contributed by atoms with E-state index in [0.717, 1.165) is 11.3 Å². The van der Waals surface area contributed by atoms with Crippen LogP contribution in [0.3, 0.4) is 0 Å². The van der Waals surface area contributed by atoms with Crippen molar-refractivity contribution < 1.29 is 22.7 Å². The van der Waals surface area contributed by atoms with Gasteiger partial charge in [-0.25, -0.2) is 13.1 Å². The standard InChI is InChI=1S/C15H16N2O5S2/c1-10(18)16-9-11-7-8-14(23-11)24(20,21)17-15(19)12-5-3-4-6-13(12)22-2/h3-8H,9H2,1-2H3,(H,16,18)(H,17,19). The van der Waals surface area contributed by atoms with Gasteiger partial charge < -0.3 is 10.1 Å². The van der Waals surface area contributed by atoms with Crippen LogP contribution in [0.5, 0.6) is 5.75 Å². The Morgan fingerprint density at radius 1 is 1.17 bits per heavy atom. The van der Waals surface area contributed by atoms with Crippen LogP contribution in [-0.4, -0.2) is 27.3 Å². The zero-order valence-electron chi connectivity index (χ0n) is 13.0. The molecule has 9 heteroatoms. The molecule has 1 heterocycles. The van der Waals surface area contributed by atoms with Crippen molar-refractivity contribution in [2.45, 2.75) is 17.7 Å². The van der Waals surface area contributed by atoms with Crippen LogP contribution >= 0.6 is 11.3 Å². The molecule has 0 spiro atoms. The Kier molecular flexibility index (Phi) is 5.58. The van der Waals surface area contributed by atoms with Crippen molar-refractivity contribution >= 4 is 33.2 Å². The second kappa shape index (κ2) is 7.45. The summed E-state index contributed by atoms with van der Waals surface area (Å²) in [6, 6.07) is 9.30. The summed E-state index contributed by atoms with van der Waals surface area (Å²) in [5, 5.41) is 2.58. The summed E-state index contributed by atoms with van der Waals surface area (Å²) in [5.74, 6) is -0.704. The molecule has 0 aliphatic rings. The number of sulfonamides is 1. The Hall–Kier alpha value is -2.39. The van der Waals surface area contributed by atoms with Gasteiger partial charge >= 0.3 is 0 Å². The van der Waals surface area contributed by atoms with E-state index in [1.165, 1.54) is 26.2 Å². The summed E-state index contributed by atoms with van der Waals surface area (Å²) < 4.78 is 31.7. The first kappa shape index (κ1) is 18.0. The summed E-state index contributed by atoms with van der Waals surface area (Å²) in [5.41, 5.74) is 0.124. The predicted molar refractivity (Wildman–Crippen MR) is 89.5 cm³/mol. The Bertz CT molecular complexity index is 858. The molecular weight excluding hydrogens is 352 g/mol. The number of benzene rings is 1. The van der Waals surface area contributed by atoms with Crippen LogP contribution < -0.4 is 14.8 Å². The molecule has 0 bridgehead atoms. The van der Waals surface area contributed by atoms with Gasteiger partial charge in [0, 0.05) is 11.8 Å². The second-order valence-corrected chi connectivity index (χ2v) is 7.84. The number of hydrogen-bond donors (Lipinski definition) is 2. The highest BCUT2D eigenvalue weighted by molar-refractivity contribution is 7.92. The molecule has 24 heavy (non-hydrogen) atoms. The van der Waals surface area contributed by atoms with E-state index in [0.29, 0.717) is 4.88 Å². The maximum absolute atomic E-state index is 12.3. The van der Waals surface area contributed by atoms with E-state index in [4.69, 9.17) is 4.74 Å². The number of thiophene rings is 1. The van der Waals surface area contributed by atoms with Crippen LogP contribution in [0.2, 0.25) is 0 Å². The van der Waals surface area contributed by atoms with Crippen molar-refractivity contribution in [3.63, 3.8) is 0 Å². The molecule has 1 aromatic carbocycles. The van der Waals surface area contributed by atoms with Crippen molar-refractivity contribution in [3.05, 3.63) is 46.8 Å². The molecular formula is C15H16N2O5S2. The van der Waals surface area contributed by atoms with Gasteiger partial charge in [0.05, 0.1) is 19.2 Å². The fraction of sp³-hybridized carbons (Fsp3) is 0.200. The highest BCUT2D eigenvalue weighted by Gasteiger charge is 2.22. The molecule has 0 radical (unpaired) electrons. The lowest BCUT2D eigenvalue weighted by atomic mass is 10.2. The quantitative estimate of drug-likeness (QED) is 0.805. The van der Waals surface area contributed by atoms with Crippen molar-refractivity contribution in [2.75, 3.05) is 7.11 Å². The van der Waals surface area contributed by atoms with E-state index >= 15 is 0 Å². The molecule has 7 nitrogen and oxygen atoms in total. The molecule has 0 aliphatic carbocycles. The average Bonchev–Trinajstić information content (AvgIpc) is 3.02. The maximum Gasteiger partial charge on any atom is 0.273 e. The monoisotopic (exact) mass is 368 g/mol. The van der Waals surface area contributed by atoms with Crippen LogP contribution in [0.25, 0.3) is 0 Å². The molecule has 1 aromatic heterocycles. The van der Waals surface area contributed by atoms with Gasteiger partial charge in [-0.05, 0) is 24.3 Å². The third kappa shape index (κ3) is 4.33. The summed E-state index contributed by atoms with van der Waals surface area (Å²) >= 11 is 0.980. The fourth-order valence-corrected chi connectivity index (χ4v) is 4.13. The van der Waals surface area contributed by atoms with Crippen molar-refractivity contribution in [1.29, 1.82) is 0 Å². The number of para-hydroxylation sites is 1. The van der Waals surface area contributed by atoms with Crippen LogP contribution in [0.4, 0.5) is 0 Å². The van der Waals surface area contributed by atoms with Crippen LogP contribution in [-0.2, 0) is 21.4 Å². The van der Waals surface area contributed by atoms with Gasteiger partial charge in [0.1, 0.15) is 9.96 Å². The number of ether oxygens (including phenoxy) is 1. The maximum atomic E-state index is 12.3. The second-order valence-electron chi connectivity index (χ2n) is 4.77. The predicted octanol–water partition coefficient (Wildman–Crippen LogP) is 1.51. The minimum atomic E-state index is -4.00. The van der Waals surface area contributed by atoms with Crippen molar-refractivity contribution in [1.82, 2.24) is 10.0 Å². The van der Waals surface area contributed by atoms with E-state index in [2.05, 4.69) is 5.32 Å². The van der Waals surface area contributed by atoms with Crippen LogP contribution in [0.15, 0.2) is 40.6 Å². The first-order valence-corrected chi connectivity index (χ1v) is 9.17. The van der Waals surface area contributed by atoms with Gasteiger partial charge in [-0.15, -0.1) is 11.3 Å². The van der Waals surface area contributed by atoms with E-state index < -0.39 is 15.9 Å². The minimum Gasteiger partial charge on any atom is -0.496 e. The zero-order valence-corrected chi connectivity index (χ0v) is 14.7. The van der Waals surface area contributed by atoms with Gasteiger partial charge in [-0.3, -0.25) is 9.59 Å². The van der Waals surface area contributed by atoms with Gasteiger partial charge in [0.2, 0.25) is 5.91 Å². The molecule has 0 aliphatic heterocycles. The zero-order chi connectivity index (χ0) is 17.7. The normalized spacial score (nSPS) is 10.9. The summed E-state index contributed by atoms with van der Waals surface area (Å²) in [4.78, 5) is 23.8. The number of methoxy groups -OCH3 is 1. The Labute approximate surface area is 143 Å². The number of hydrogen-bond acceptors (Lipinski definition) is 6. The lowest BCUT2D eigenvalue weighted by molar-refractivity contribution is -0.119. The van der Waals surface area contributed by atoms with E-state index in [1.807, 2.05) is 4.72 Å². The highest BCUT2D eigenvalue weighted by atomic mass is 32.2. The lowest BCUT2D eigenvalue weighted by Gasteiger charge is -2.08. The Balaban J connectivity index is 2.16. The first-order chi connectivity index (χ1) is 11.3. The van der Waals surface area contributed by atoms with Gasteiger partial charge in [0.25, 0.3) is 15.9 Å². The minimum absolute atomic E-state index is 0.00824. The number of rotatable bonds is 6. The first-order valence-electron chi connectivity index (χ1n) is 6.87. The smallest absolute Gasteiger partial charge is 0.273 e. The summed E-state index contributed by atoms with van der Waals surface area (Å²) in [6.45, 7) is 1.61. The molecule has 0 unspecified atom stereocenters. The highest BCUT2D eigenvalue weighted by Crippen LogP contribution is 2.23. The Morgan fingerprint density at radius 3 is 2.54 bits per heavy atom. The van der Waals surface area contributed by atoms with E-state index in [9.17, 15) is 18.0 Å². The summed E-state index contributed by atoms with van der Waals surface area (Å²) in [6.07, 6.45) is 0. The fourth-order valence-electron chi connectivity index (χ4n) is 1.87. The molecule has 0 saturated carbocycles. The van der Waals surface area contributed by atoms with Crippen LogP contribution in [0, 0.1) is 0 Å². The number of amides is 2. The number of nitrogens with one attached hydrogen (secondary N) is 2. The molecule has 2 rings (SSSR count). The largest absolute Gasteiger partial charge is 0.496 e. The topological polar surface area (TPSA) is 102 Å². The van der Waals surface area contributed by atoms with Crippen LogP contribution in [0.1, 0.15) is 22.2 Å². The Morgan fingerprint density at radius 2 is 1.88 bits per heavy atom. The molecule has 0 atom stereocenters. The average molecular weight is 368 g/mol. The van der Waals surface area contributed by atoms with Gasteiger partial charge in [0.15, 0.2) is 0 Å². The van der Waals surface area contributed by atoms with Crippen molar-refractivity contribution in [2.24, 2.45) is 0 Å². The third-order valence-corrected chi connectivity index (χ3v) is 5.90. The molecule has 128 valence electrons. The molecule has 2 amide bonds. The molecule has 0 saturated heterocycles. The summed E-state index contributed by atoms with van der Waals surface area (Å²) in [7, 11) is -2.60. The number of carbonyl (C=O) groups is 2. The van der Waals surface area contributed by atoms with E-state index in [1.54, 1.807) is 24.3 Å². The van der Waals surface area contributed by atoms with E-state index in [-0.39, 0.29) is 28.0 Å². The number of carbonyl (C=O) groups excluding carboxylic acids is 2. The SMILES string of the molecule is COc1ccccc1C(=O)NS(=O)(=O)c1ccc(CNC(C)=O)s1. The third-order valence-electron chi connectivity index (χ3n) is 2.99. The van der Waals surface area contributed by atoms with Gasteiger partial charge in [-0.1, -0.05) is 12.1 Å². The molecule has 0 fully saturated rings. The molecule has 2 aromatic rings. The molecule has 2 N–H and O–H groups in total. The lowest BCUT2D eigenvalue weighted by Crippen LogP contribution is -2.30. The van der Waals surface area contributed by atoms with Crippen molar-refractivity contribution in [3.8, 4) is 5.75 Å². The van der Waals surface area contributed by atoms with Gasteiger partial charge in [-0.2, -0.15) is 0 Å².